The van der Waals surface area contributed by atoms with E-state index < -0.39 is 11.6 Å². The van der Waals surface area contributed by atoms with Crippen LogP contribution in [0, 0.1) is 17.5 Å². The molecular formula is C19H21F3N2O. The van der Waals surface area contributed by atoms with E-state index in [9.17, 15) is 13.2 Å². The molecule has 3 nitrogen and oxygen atoms in total. The van der Waals surface area contributed by atoms with Gasteiger partial charge >= 0.3 is 0 Å². The molecule has 0 amide bonds. The van der Waals surface area contributed by atoms with Crippen LogP contribution < -0.4 is 4.74 Å². The van der Waals surface area contributed by atoms with Crippen LogP contribution in [0.1, 0.15) is 11.1 Å². The SMILES string of the molecule is COc1ccc(F)cc1CN1CCN(Cc2ccc(F)c(F)c2)CC1. The molecule has 0 saturated carbocycles. The Balaban J connectivity index is 1.55. The van der Waals surface area contributed by atoms with Crippen LogP contribution in [0.5, 0.6) is 5.75 Å². The summed E-state index contributed by atoms with van der Waals surface area (Å²) in [7, 11) is 1.58. The summed E-state index contributed by atoms with van der Waals surface area (Å²) in [5, 5.41) is 0. The minimum absolute atomic E-state index is 0.271. The molecule has 1 aliphatic heterocycles. The third-order valence-electron chi connectivity index (χ3n) is 4.49. The van der Waals surface area contributed by atoms with Gasteiger partial charge in [-0.1, -0.05) is 6.07 Å². The summed E-state index contributed by atoms with van der Waals surface area (Å²) >= 11 is 0. The van der Waals surface area contributed by atoms with Crippen LogP contribution in [0.2, 0.25) is 0 Å². The first kappa shape index (κ1) is 17.8. The Morgan fingerprint density at radius 2 is 1.52 bits per heavy atom. The predicted molar refractivity (Wildman–Crippen MR) is 89.9 cm³/mol. The van der Waals surface area contributed by atoms with Crippen LogP contribution in [-0.4, -0.2) is 43.1 Å². The molecule has 134 valence electrons. The standard InChI is InChI=1S/C19H21F3N2O/c1-25-19-5-3-16(20)11-15(19)13-24-8-6-23(7-9-24)12-14-2-4-17(21)18(22)10-14/h2-5,10-11H,6-9,12-13H2,1H3. The molecule has 3 rings (SSSR count). The van der Waals surface area contributed by atoms with Gasteiger partial charge in [-0.15, -0.1) is 0 Å². The van der Waals surface area contributed by atoms with Gasteiger partial charge in [0.05, 0.1) is 7.11 Å². The Bertz CT molecular complexity index is 731. The fraction of sp³-hybridized carbons (Fsp3) is 0.368. The van der Waals surface area contributed by atoms with Gasteiger partial charge in [0.25, 0.3) is 0 Å². The average Bonchev–Trinajstić information content (AvgIpc) is 2.60. The zero-order valence-electron chi connectivity index (χ0n) is 14.1. The highest BCUT2D eigenvalue weighted by Crippen LogP contribution is 2.22. The Morgan fingerprint density at radius 1 is 0.840 bits per heavy atom. The third-order valence-corrected chi connectivity index (χ3v) is 4.49. The first-order chi connectivity index (χ1) is 12.0. The van der Waals surface area contributed by atoms with Gasteiger partial charge in [0.15, 0.2) is 11.6 Å². The van der Waals surface area contributed by atoms with Crippen molar-refractivity contribution in [3.8, 4) is 5.75 Å². The summed E-state index contributed by atoms with van der Waals surface area (Å²) in [4.78, 5) is 4.44. The molecule has 0 spiro atoms. The van der Waals surface area contributed by atoms with Gasteiger partial charge < -0.3 is 4.74 Å². The Kier molecular flexibility index (Phi) is 5.60. The van der Waals surface area contributed by atoms with Gasteiger partial charge in [-0.3, -0.25) is 9.80 Å². The monoisotopic (exact) mass is 350 g/mol. The molecular weight excluding hydrogens is 329 g/mol. The van der Waals surface area contributed by atoms with E-state index in [0.717, 1.165) is 43.4 Å². The maximum atomic E-state index is 13.5. The van der Waals surface area contributed by atoms with Gasteiger partial charge in [-0.25, -0.2) is 13.2 Å². The summed E-state index contributed by atoms with van der Waals surface area (Å²) in [6.45, 7) is 4.49. The first-order valence-corrected chi connectivity index (χ1v) is 8.26. The Labute approximate surface area is 145 Å². The van der Waals surface area contributed by atoms with Crippen molar-refractivity contribution in [1.29, 1.82) is 0 Å². The van der Waals surface area contributed by atoms with Crippen molar-refractivity contribution in [3.63, 3.8) is 0 Å². The Hall–Kier alpha value is -2.05. The summed E-state index contributed by atoms with van der Waals surface area (Å²) in [6, 6.07) is 8.57. The molecule has 25 heavy (non-hydrogen) atoms. The molecule has 1 heterocycles. The highest BCUT2D eigenvalue weighted by Gasteiger charge is 2.19. The van der Waals surface area contributed by atoms with E-state index >= 15 is 0 Å². The van der Waals surface area contributed by atoms with Crippen molar-refractivity contribution in [2.45, 2.75) is 13.1 Å². The maximum absolute atomic E-state index is 13.5. The first-order valence-electron chi connectivity index (χ1n) is 8.26. The molecule has 0 aromatic heterocycles. The lowest BCUT2D eigenvalue weighted by atomic mass is 10.1. The molecule has 0 bridgehead atoms. The molecule has 0 unspecified atom stereocenters. The average molecular weight is 350 g/mol. The number of hydrogen-bond donors (Lipinski definition) is 0. The normalized spacial score (nSPS) is 16.2. The second kappa shape index (κ2) is 7.89. The Morgan fingerprint density at radius 3 is 2.16 bits per heavy atom. The number of hydrogen-bond acceptors (Lipinski definition) is 3. The lowest BCUT2D eigenvalue weighted by Crippen LogP contribution is -2.45. The molecule has 0 atom stereocenters. The van der Waals surface area contributed by atoms with Crippen LogP contribution in [0.25, 0.3) is 0 Å². The molecule has 2 aromatic carbocycles. The summed E-state index contributed by atoms with van der Waals surface area (Å²) in [6.07, 6.45) is 0. The lowest BCUT2D eigenvalue weighted by Gasteiger charge is -2.35. The van der Waals surface area contributed by atoms with E-state index in [1.54, 1.807) is 19.2 Å². The summed E-state index contributed by atoms with van der Waals surface area (Å²) in [5.41, 5.74) is 1.59. The third kappa shape index (κ3) is 4.52. The van der Waals surface area contributed by atoms with E-state index in [1.807, 2.05) is 0 Å². The number of piperazine rings is 1. The molecule has 1 fully saturated rings. The largest absolute Gasteiger partial charge is 0.496 e. The molecule has 0 radical (unpaired) electrons. The van der Waals surface area contributed by atoms with Crippen molar-refractivity contribution < 1.29 is 17.9 Å². The number of rotatable bonds is 5. The zero-order chi connectivity index (χ0) is 17.8. The van der Waals surface area contributed by atoms with E-state index in [0.29, 0.717) is 18.8 Å². The lowest BCUT2D eigenvalue weighted by molar-refractivity contribution is 0.121. The quantitative estimate of drug-likeness (QED) is 0.822. The minimum atomic E-state index is -0.822. The molecule has 0 N–H and O–H groups in total. The predicted octanol–water partition coefficient (Wildman–Crippen LogP) is 3.43. The molecule has 1 saturated heterocycles. The molecule has 0 aliphatic carbocycles. The minimum Gasteiger partial charge on any atom is -0.496 e. The second-order valence-corrected chi connectivity index (χ2v) is 6.26. The maximum Gasteiger partial charge on any atom is 0.159 e. The number of ether oxygens (including phenoxy) is 1. The van der Waals surface area contributed by atoms with Gasteiger partial charge in [0.1, 0.15) is 11.6 Å². The van der Waals surface area contributed by atoms with Crippen LogP contribution in [0.3, 0.4) is 0 Å². The van der Waals surface area contributed by atoms with Crippen molar-refractivity contribution in [2.24, 2.45) is 0 Å². The fourth-order valence-electron chi connectivity index (χ4n) is 3.11. The van der Waals surface area contributed by atoms with Gasteiger partial charge in [0.2, 0.25) is 0 Å². The van der Waals surface area contributed by atoms with E-state index in [4.69, 9.17) is 4.74 Å². The van der Waals surface area contributed by atoms with Crippen LogP contribution in [0.4, 0.5) is 13.2 Å². The highest BCUT2D eigenvalue weighted by molar-refractivity contribution is 5.33. The highest BCUT2D eigenvalue weighted by atomic mass is 19.2. The van der Waals surface area contributed by atoms with Crippen molar-refractivity contribution in [2.75, 3.05) is 33.3 Å². The van der Waals surface area contributed by atoms with Crippen LogP contribution >= 0.6 is 0 Å². The smallest absolute Gasteiger partial charge is 0.159 e. The number of methoxy groups -OCH3 is 1. The zero-order valence-corrected chi connectivity index (χ0v) is 14.1. The summed E-state index contributed by atoms with van der Waals surface area (Å²) in [5.74, 6) is -1.22. The molecule has 6 heteroatoms. The number of nitrogens with zero attached hydrogens (tertiary/aromatic N) is 2. The van der Waals surface area contributed by atoms with E-state index in [-0.39, 0.29) is 5.82 Å². The van der Waals surface area contributed by atoms with Crippen LogP contribution in [0.15, 0.2) is 36.4 Å². The van der Waals surface area contributed by atoms with E-state index in [2.05, 4.69) is 9.80 Å². The van der Waals surface area contributed by atoms with Crippen molar-refractivity contribution >= 4 is 0 Å². The summed E-state index contributed by atoms with van der Waals surface area (Å²) < 4.78 is 45.0. The van der Waals surface area contributed by atoms with Gasteiger partial charge in [-0.2, -0.15) is 0 Å². The fourth-order valence-corrected chi connectivity index (χ4v) is 3.11. The van der Waals surface area contributed by atoms with Gasteiger partial charge in [0, 0.05) is 44.8 Å². The number of halogens is 3. The molecule has 1 aliphatic rings. The van der Waals surface area contributed by atoms with Crippen molar-refractivity contribution in [3.05, 3.63) is 65.0 Å². The number of benzene rings is 2. The topological polar surface area (TPSA) is 15.7 Å². The molecule has 2 aromatic rings. The second-order valence-electron chi connectivity index (χ2n) is 6.26. The van der Waals surface area contributed by atoms with Crippen molar-refractivity contribution in [1.82, 2.24) is 9.80 Å². The van der Waals surface area contributed by atoms with Crippen LogP contribution in [-0.2, 0) is 13.1 Å². The van der Waals surface area contributed by atoms with Gasteiger partial charge in [-0.05, 0) is 35.9 Å². The van der Waals surface area contributed by atoms with E-state index in [1.165, 1.54) is 18.2 Å².